The highest BCUT2D eigenvalue weighted by atomic mass is 19.3. The number of rotatable bonds is 5. The average molecular weight is 354 g/mol. The summed E-state index contributed by atoms with van der Waals surface area (Å²) in [5.41, 5.74) is 4.44. The molecule has 0 atom stereocenters. The normalized spacial score (nSPS) is 13.7. The molecule has 7 heteroatoms. The third-order valence-corrected chi connectivity index (χ3v) is 3.77. The fourth-order valence-electron chi connectivity index (χ4n) is 2.33. The van der Waals surface area contributed by atoms with Crippen molar-refractivity contribution in [3.8, 4) is 5.75 Å². The Morgan fingerprint density at radius 1 is 1.12 bits per heavy atom. The lowest BCUT2D eigenvalue weighted by atomic mass is 10.1. The van der Waals surface area contributed by atoms with E-state index in [-0.39, 0.29) is 5.75 Å². The lowest BCUT2D eigenvalue weighted by molar-refractivity contribution is 0.0147. The highest BCUT2D eigenvalue weighted by Gasteiger charge is 2.28. The van der Waals surface area contributed by atoms with E-state index in [0.717, 1.165) is 23.7 Å². The molecule has 2 aromatic rings. The van der Waals surface area contributed by atoms with Crippen LogP contribution >= 0.6 is 0 Å². The standard InChI is InChI=1S/C9H9F3O.C9H12N2O/c1-9(11,12)7-5-6(10)3-4-8(7)13-2;10-12-11-9-5-3-8(4-6-9)7-1-2-7/h3-5H,1-2H3;3-7,11H,1-2,10H2. The summed E-state index contributed by atoms with van der Waals surface area (Å²) >= 11 is 0. The second-order valence-electron chi connectivity index (χ2n) is 5.85. The number of ether oxygens (including phenoxy) is 1. The lowest BCUT2D eigenvalue weighted by Crippen LogP contribution is -2.09. The van der Waals surface area contributed by atoms with Crippen LogP contribution in [0.4, 0.5) is 18.9 Å². The molecule has 0 saturated heterocycles. The van der Waals surface area contributed by atoms with Crippen LogP contribution in [0.1, 0.15) is 36.8 Å². The predicted octanol–water partition coefficient (Wildman–Crippen LogP) is 4.73. The number of methoxy groups -OCH3 is 1. The number of nitrogens with two attached hydrogens (primary N) is 1. The lowest BCUT2D eigenvalue weighted by Gasteiger charge is -2.14. The van der Waals surface area contributed by atoms with Crippen LogP contribution in [0.25, 0.3) is 0 Å². The Balaban J connectivity index is 0.000000181. The molecule has 1 aliphatic carbocycles. The summed E-state index contributed by atoms with van der Waals surface area (Å²) in [6.07, 6.45) is 2.67. The number of nitrogens with one attached hydrogen (secondary N) is 1. The van der Waals surface area contributed by atoms with Crippen LogP contribution < -0.4 is 16.1 Å². The first-order valence-electron chi connectivity index (χ1n) is 7.78. The van der Waals surface area contributed by atoms with Crippen molar-refractivity contribution in [1.29, 1.82) is 0 Å². The molecule has 3 N–H and O–H groups in total. The summed E-state index contributed by atoms with van der Waals surface area (Å²) in [6.45, 7) is 0.699. The molecule has 1 saturated carbocycles. The zero-order valence-corrected chi connectivity index (χ0v) is 14.1. The van der Waals surface area contributed by atoms with Crippen LogP contribution in [0.2, 0.25) is 0 Å². The van der Waals surface area contributed by atoms with Crippen LogP contribution in [-0.2, 0) is 10.9 Å². The Kier molecular flexibility index (Phi) is 6.27. The Labute approximate surface area is 144 Å². The molecular weight excluding hydrogens is 333 g/mol. The van der Waals surface area contributed by atoms with Gasteiger partial charge in [-0.05, 0) is 54.7 Å². The summed E-state index contributed by atoms with van der Waals surface area (Å²) < 4.78 is 43.0. The van der Waals surface area contributed by atoms with Gasteiger partial charge in [0.2, 0.25) is 0 Å². The quantitative estimate of drug-likeness (QED) is 0.763. The van der Waals surface area contributed by atoms with E-state index < -0.39 is 17.3 Å². The molecule has 1 fully saturated rings. The first-order chi connectivity index (χ1) is 11.8. The second kappa shape index (κ2) is 8.22. The molecule has 3 rings (SSSR count). The van der Waals surface area contributed by atoms with Crippen LogP contribution in [0.5, 0.6) is 5.75 Å². The van der Waals surface area contributed by atoms with E-state index in [0.29, 0.717) is 6.92 Å². The van der Waals surface area contributed by atoms with Gasteiger partial charge in [-0.25, -0.2) is 18.7 Å². The van der Waals surface area contributed by atoms with Gasteiger partial charge >= 0.3 is 0 Å². The summed E-state index contributed by atoms with van der Waals surface area (Å²) in [6, 6.07) is 11.2. The molecular formula is C18H21F3N2O2. The molecule has 4 nitrogen and oxygen atoms in total. The van der Waals surface area contributed by atoms with Gasteiger partial charge in [-0.3, -0.25) is 0 Å². The van der Waals surface area contributed by atoms with E-state index in [1.807, 2.05) is 12.1 Å². The average Bonchev–Trinajstić information content (AvgIpc) is 3.41. The van der Waals surface area contributed by atoms with Gasteiger partial charge in [0.1, 0.15) is 11.6 Å². The number of anilines is 1. The molecule has 0 radical (unpaired) electrons. The molecule has 0 bridgehead atoms. The van der Waals surface area contributed by atoms with Gasteiger partial charge in [0, 0.05) is 6.92 Å². The summed E-state index contributed by atoms with van der Waals surface area (Å²) in [5.74, 6) is 1.87. The molecule has 25 heavy (non-hydrogen) atoms. The molecule has 0 unspecified atom stereocenters. The Bertz CT molecular complexity index is 684. The molecule has 0 heterocycles. The van der Waals surface area contributed by atoms with Crippen molar-refractivity contribution in [3.63, 3.8) is 0 Å². The van der Waals surface area contributed by atoms with Gasteiger partial charge in [0.25, 0.3) is 5.92 Å². The molecule has 0 amide bonds. The van der Waals surface area contributed by atoms with E-state index in [1.165, 1.54) is 31.6 Å². The van der Waals surface area contributed by atoms with E-state index in [2.05, 4.69) is 27.3 Å². The number of alkyl halides is 2. The third-order valence-electron chi connectivity index (χ3n) is 3.77. The fraction of sp³-hybridized carbons (Fsp3) is 0.333. The van der Waals surface area contributed by atoms with Crippen molar-refractivity contribution in [2.75, 3.05) is 12.6 Å². The number of benzene rings is 2. The Morgan fingerprint density at radius 3 is 2.24 bits per heavy atom. The second-order valence-corrected chi connectivity index (χ2v) is 5.85. The van der Waals surface area contributed by atoms with Crippen LogP contribution in [0.3, 0.4) is 0 Å². The Morgan fingerprint density at radius 2 is 1.76 bits per heavy atom. The predicted molar refractivity (Wildman–Crippen MR) is 89.8 cm³/mol. The maximum atomic E-state index is 12.8. The highest BCUT2D eigenvalue weighted by Crippen LogP contribution is 2.40. The van der Waals surface area contributed by atoms with Gasteiger partial charge in [0.05, 0.1) is 18.4 Å². The maximum absolute atomic E-state index is 12.8. The van der Waals surface area contributed by atoms with E-state index >= 15 is 0 Å². The van der Waals surface area contributed by atoms with Gasteiger partial charge in [-0.2, -0.15) is 10.8 Å². The van der Waals surface area contributed by atoms with Crippen molar-refractivity contribution in [2.24, 2.45) is 5.90 Å². The number of halogens is 3. The first kappa shape index (κ1) is 19.1. The first-order valence-corrected chi connectivity index (χ1v) is 7.78. The minimum atomic E-state index is -3.09. The van der Waals surface area contributed by atoms with E-state index in [4.69, 9.17) is 5.90 Å². The van der Waals surface area contributed by atoms with Crippen LogP contribution in [0, 0.1) is 5.82 Å². The van der Waals surface area contributed by atoms with Crippen molar-refractivity contribution in [1.82, 2.24) is 0 Å². The summed E-state index contributed by atoms with van der Waals surface area (Å²) in [5, 5.41) is 0. The van der Waals surface area contributed by atoms with Crippen molar-refractivity contribution >= 4 is 5.69 Å². The highest BCUT2D eigenvalue weighted by molar-refractivity contribution is 5.44. The van der Waals surface area contributed by atoms with Crippen molar-refractivity contribution < 1.29 is 22.8 Å². The maximum Gasteiger partial charge on any atom is 0.274 e. The molecule has 136 valence electrons. The van der Waals surface area contributed by atoms with Crippen LogP contribution in [0.15, 0.2) is 42.5 Å². The SMILES string of the molecule is COc1ccc(F)cc1C(C)(F)F.NONc1ccc(C2CC2)cc1. The molecule has 0 aliphatic heterocycles. The third kappa shape index (κ3) is 5.65. The van der Waals surface area contributed by atoms with Crippen LogP contribution in [-0.4, -0.2) is 7.11 Å². The number of hydrogen-bond donors (Lipinski definition) is 2. The molecule has 1 aliphatic rings. The zero-order valence-electron chi connectivity index (χ0n) is 14.1. The fourth-order valence-corrected chi connectivity index (χ4v) is 2.33. The minimum Gasteiger partial charge on any atom is -0.496 e. The van der Waals surface area contributed by atoms with E-state index in [1.54, 1.807) is 0 Å². The van der Waals surface area contributed by atoms with Crippen molar-refractivity contribution in [3.05, 3.63) is 59.4 Å². The topological polar surface area (TPSA) is 56.5 Å². The minimum absolute atomic E-state index is 0.00565. The summed E-state index contributed by atoms with van der Waals surface area (Å²) in [7, 11) is 1.27. The van der Waals surface area contributed by atoms with E-state index in [9.17, 15) is 13.2 Å². The number of hydrogen-bond acceptors (Lipinski definition) is 4. The molecule has 0 spiro atoms. The van der Waals surface area contributed by atoms with Gasteiger partial charge in [-0.1, -0.05) is 12.1 Å². The van der Waals surface area contributed by atoms with Crippen molar-refractivity contribution in [2.45, 2.75) is 31.6 Å². The largest absolute Gasteiger partial charge is 0.496 e. The summed E-state index contributed by atoms with van der Waals surface area (Å²) in [4.78, 5) is 4.29. The smallest absolute Gasteiger partial charge is 0.274 e. The molecule has 2 aromatic carbocycles. The Hall–Kier alpha value is -2.25. The van der Waals surface area contributed by atoms with Gasteiger partial charge in [0.15, 0.2) is 0 Å². The van der Waals surface area contributed by atoms with Gasteiger partial charge < -0.3 is 4.74 Å². The van der Waals surface area contributed by atoms with Gasteiger partial charge in [-0.15, -0.1) is 0 Å². The monoisotopic (exact) mass is 354 g/mol. The zero-order chi connectivity index (χ0) is 18.4. The molecule has 0 aromatic heterocycles.